The van der Waals surface area contributed by atoms with E-state index < -0.39 is 0 Å². The summed E-state index contributed by atoms with van der Waals surface area (Å²) in [6.45, 7) is 8.07. The van der Waals surface area contributed by atoms with E-state index in [1.54, 1.807) is 0 Å². The number of aryl methyl sites for hydroxylation is 1. The van der Waals surface area contributed by atoms with Gasteiger partial charge in [-0.3, -0.25) is 0 Å². The van der Waals surface area contributed by atoms with Gasteiger partial charge in [0.15, 0.2) is 6.17 Å². The molecule has 0 aliphatic carbocycles. The van der Waals surface area contributed by atoms with Crippen LogP contribution in [0.15, 0.2) is 42.5 Å². The van der Waals surface area contributed by atoms with Crippen molar-refractivity contribution in [2.75, 3.05) is 5.32 Å². The minimum Gasteiger partial charge on any atom is -0.508 e. The lowest BCUT2D eigenvalue weighted by Gasteiger charge is -2.31. The van der Waals surface area contributed by atoms with Crippen LogP contribution in [0.1, 0.15) is 43.8 Å². The van der Waals surface area contributed by atoms with Gasteiger partial charge < -0.3 is 15.5 Å². The van der Waals surface area contributed by atoms with Crippen LogP contribution in [-0.4, -0.2) is 20.0 Å². The topological polar surface area (TPSA) is 70.3 Å². The molecule has 1 aliphatic heterocycles. The highest BCUT2D eigenvalue weighted by Crippen LogP contribution is 2.43. The Hall–Kier alpha value is -2.95. The van der Waals surface area contributed by atoms with Gasteiger partial charge in [-0.1, -0.05) is 39.0 Å². The van der Waals surface area contributed by atoms with E-state index in [0.717, 1.165) is 28.2 Å². The molecule has 134 valence electrons. The highest BCUT2D eigenvalue weighted by molar-refractivity contribution is 5.79. The van der Waals surface area contributed by atoms with Crippen LogP contribution in [0.4, 0.5) is 5.69 Å². The number of para-hydroxylation sites is 1. The third-order valence-corrected chi connectivity index (χ3v) is 4.85. The molecule has 1 aromatic heterocycles. The molecule has 26 heavy (non-hydrogen) atoms. The van der Waals surface area contributed by atoms with Gasteiger partial charge in [0.1, 0.15) is 11.5 Å². The Morgan fingerprint density at radius 1 is 1.04 bits per heavy atom. The molecule has 5 nitrogen and oxygen atoms in total. The van der Waals surface area contributed by atoms with Gasteiger partial charge in [0.2, 0.25) is 0 Å². The standard InChI is InChI=1S/C21H23N3O2/c1-12-9-17-13-7-5-6-8-16(13)22-20(24(17)23-12)14-10-15(21(2,3)4)19(26)11-18(14)25/h5-11,20,22,25-26H,1-4H3/t20-/m0/s1. The summed E-state index contributed by atoms with van der Waals surface area (Å²) in [6, 6.07) is 13.4. The first-order valence-electron chi connectivity index (χ1n) is 8.74. The van der Waals surface area contributed by atoms with Crippen LogP contribution in [0, 0.1) is 6.92 Å². The van der Waals surface area contributed by atoms with Crippen molar-refractivity contribution in [1.29, 1.82) is 0 Å². The van der Waals surface area contributed by atoms with Crippen LogP contribution < -0.4 is 5.32 Å². The minimum atomic E-state index is -0.352. The fraction of sp³-hybridized carbons (Fsp3) is 0.286. The second-order valence-electron chi connectivity index (χ2n) is 7.89. The molecule has 2 heterocycles. The van der Waals surface area contributed by atoms with Gasteiger partial charge in [-0.05, 0) is 36.1 Å². The summed E-state index contributed by atoms with van der Waals surface area (Å²) >= 11 is 0. The van der Waals surface area contributed by atoms with Gasteiger partial charge in [0.05, 0.1) is 11.4 Å². The van der Waals surface area contributed by atoms with Crippen LogP contribution in [0.2, 0.25) is 0 Å². The van der Waals surface area contributed by atoms with Crippen molar-refractivity contribution in [1.82, 2.24) is 9.78 Å². The fourth-order valence-electron chi connectivity index (χ4n) is 3.58. The van der Waals surface area contributed by atoms with Gasteiger partial charge in [0.25, 0.3) is 0 Å². The van der Waals surface area contributed by atoms with Gasteiger partial charge in [-0.25, -0.2) is 4.68 Å². The Labute approximate surface area is 152 Å². The number of hydrogen-bond donors (Lipinski definition) is 3. The van der Waals surface area contributed by atoms with Crippen LogP contribution >= 0.6 is 0 Å². The molecule has 4 rings (SSSR count). The first-order valence-corrected chi connectivity index (χ1v) is 8.74. The van der Waals surface area contributed by atoms with Crippen LogP contribution in [0.5, 0.6) is 11.5 Å². The second-order valence-corrected chi connectivity index (χ2v) is 7.89. The average Bonchev–Trinajstić information content (AvgIpc) is 2.95. The number of phenols is 2. The van der Waals surface area contributed by atoms with Gasteiger partial charge in [-0.2, -0.15) is 5.10 Å². The first-order chi connectivity index (χ1) is 12.3. The second kappa shape index (κ2) is 5.53. The summed E-state index contributed by atoms with van der Waals surface area (Å²) in [4.78, 5) is 0. The molecule has 3 aromatic rings. The fourth-order valence-corrected chi connectivity index (χ4v) is 3.58. The normalized spacial score (nSPS) is 15.9. The van der Waals surface area contributed by atoms with Crippen LogP contribution in [0.3, 0.4) is 0 Å². The largest absolute Gasteiger partial charge is 0.508 e. The number of aromatic nitrogens is 2. The van der Waals surface area contributed by atoms with Crippen LogP contribution in [-0.2, 0) is 5.41 Å². The molecule has 1 aliphatic rings. The number of fused-ring (bicyclic) bond motifs is 3. The maximum absolute atomic E-state index is 10.6. The molecule has 2 aromatic carbocycles. The first kappa shape index (κ1) is 16.5. The molecule has 0 bridgehead atoms. The summed E-state index contributed by atoms with van der Waals surface area (Å²) in [7, 11) is 0. The lowest BCUT2D eigenvalue weighted by molar-refractivity contribution is 0.421. The van der Waals surface area contributed by atoms with E-state index in [0.29, 0.717) is 5.56 Å². The maximum Gasteiger partial charge on any atom is 0.150 e. The Morgan fingerprint density at radius 3 is 2.50 bits per heavy atom. The van der Waals surface area contributed by atoms with Crippen molar-refractivity contribution >= 4 is 5.69 Å². The Morgan fingerprint density at radius 2 is 1.77 bits per heavy atom. The monoisotopic (exact) mass is 349 g/mol. The molecule has 0 saturated carbocycles. The van der Waals surface area contributed by atoms with E-state index in [1.807, 2.05) is 56.6 Å². The number of aromatic hydroxyl groups is 2. The van der Waals surface area contributed by atoms with E-state index in [9.17, 15) is 10.2 Å². The maximum atomic E-state index is 10.6. The summed E-state index contributed by atoms with van der Waals surface area (Å²) in [6.07, 6.45) is -0.352. The quantitative estimate of drug-likeness (QED) is 0.603. The van der Waals surface area contributed by atoms with Crippen molar-refractivity contribution in [3.8, 4) is 22.8 Å². The highest BCUT2D eigenvalue weighted by Gasteiger charge is 2.30. The van der Waals surface area contributed by atoms with E-state index in [-0.39, 0.29) is 23.1 Å². The Balaban J connectivity index is 1.92. The third-order valence-electron chi connectivity index (χ3n) is 4.85. The Kier molecular flexibility index (Phi) is 3.51. The zero-order valence-electron chi connectivity index (χ0n) is 15.4. The average molecular weight is 349 g/mol. The third kappa shape index (κ3) is 2.51. The SMILES string of the molecule is Cc1cc2n(n1)[C@@H](c1cc(C(C)(C)C)c(O)cc1O)Nc1ccccc1-2. The smallest absolute Gasteiger partial charge is 0.150 e. The molecular formula is C21H23N3O2. The van der Waals surface area contributed by atoms with E-state index in [4.69, 9.17) is 0 Å². The van der Waals surface area contributed by atoms with Crippen molar-refractivity contribution in [3.05, 3.63) is 59.3 Å². The number of nitrogens with one attached hydrogen (secondary N) is 1. The van der Waals surface area contributed by atoms with Crippen molar-refractivity contribution in [2.24, 2.45) is 0 Å². The summed E-state index contributed by atoms with van der Waals surface area (Å²) in [5, 5.41) is 29.0. The number of rotatable bonds is 1. The predicted molar refractivity (Wildman–Crippen MR) is 103 cm³/mol. The molecular weight excluding hydrogens is 326 g/mol. The summed E-state index contributed by atoms with van der Waals surface area (Å²) in [5.41, 5.74) is 5.22. The molecule has 0 unspecified atom stereocenters. The minimum absolute atomic E-state index is 0.0477. The molecule has 0 saturated heterocycles. The number of anilines is 1. The van der Waals surface area contributed by atoms with Gasteiger partial charge in [0, 0.05) is 22.9 Å². The molecule has 0 spiro atoms. The lowest BCUT2D eigenvalue weighted by Crippen LogP contribution is -2.26. The summed E-state index contributed by atoms with van der Waals surface area (Å²) < 4.78 is 1.90. The van der Waals surface area contributed by atoms with Crippen molar-refractivity contribution in [3.63, 3.8) is 0 Å². The van der Waals surface area contributed by atoms with Gasteiger partial charge >= 0.3 is 0 Å². The van der Waals surface area contributed by atoms with E-state index in [1.165, 1.54) is 6.07 Å². The number of benzene rings is 2. The van der Waals surface area contributed by atoms with E-state index >= 15 is 0 Å². The Bertz CT molecular complexity index is 999. The zero-order chi connectivity index (χ0) is 18.6. The molecule has 5 heteroatoms. The predicted octanol–water partition coefficient (Wildman–Crippen LogP) is 4.54. The molecule has 3 N–H and O–H groups in total. The van der Waals surface area contributed by atoms with Gasteiger partial charge in [-0.15, -0.1) is 0 Å². The molecule has 0 fully saturated rings. The summed E-state index contributed by atoms with van der Waals surface area (Å²) in [5.74, 6) is 0.151. The number of phenolic OH excluding ortho intramolecular Hbond substituents is 2. The van der Waals surface area contributed by atoms with Crippen LogP contribution in [0.25, 0.3) is 11.3 Å². The van der Waals surface area contributed by atoms with E-state index in [2.05, 4.69) is 22.5 Å². The molecule has 1 atom stereocenters. The molecule has 0 radical (unpaired) electrons. The number of nitrogens with zero attached hydrogens (tertiary/aromatic N) is 2. The molecule has 0 amide bonds. The highest BCUT2D eigenvalue weighted by atomic mass is 16.3. The van der Waals surface area contributed by atoms with Crippen molar-refractivity contribution < 1.29 is 10.2 Å². The lowest BCUT2D eigenvalue weighted by atomic mass is 9.84. The van der Waals surface area contributed by atoms with Crippen molar-refractivity contribution in [2.45, 2.75) is 39.3 Å². The number of hydrogen-bond acceptors (Lipinski definition) is 4. The zero-order valence-corrected chi connectivity index (χ0v) is 15.4.